The number of methoxy groups -OCH3 is 1. The molecule has 0 aliphatic heterocycles. The molecule has 132 valence electrons. The second-order valence-corrected chi connectivity index (χ2v) is 5.71. The SMILES string of the molecule is COc1ccc(Cl)cc1NCCC(=O)Nc1cccc([N+](=O)[O-])c1C. The Kier molecular flexibility index (Phi) is 6.19. The van der Waals surface area contributed by atoms with Crippen LogP contribution in [-0.2, 0) is 4.79 Å². The lowest BCUT2D eigenvalue weighted by Crippen LogP contribution is -2.17. The molecule has 0 aromatic heterocycles. The molecule has 0 fully saturated rings. The van der Waals surface area contributed by atoms with Gasteiger partial charge in [-0.1, -0.05) is 17.7 Å². The lowest BCUT2D eigenvalue weighted by atomic mass is 10.1. The summed E-state index contributed by atoms with van der Waals surface area (Å²) in [5.74, 6) is 0.372. The summed E-state index contributed by atoms with van der Waals surface area (Å²) >= 11 is 5.95. The molecule has 1 amide bonds. The number of nitro benzene ring substituents is 1. The predicted octanol–water partition coefficient (Wildman–Crippen LogP) is 4.01. The average molecular weight is 364 g/mol. The van der Waals surface area contributed by atoms with Crippen molar-refractivity contribution in [3.63, 3.8) is 0 Å². The van der Waals surface area contributed by atoms with E-state index in [-0.39, 0.29) is 18.0 Å². The molecule has 25 heavy (non-hydrogen) atoms. The quantitative estimate of drug-likeness (QED) is 0.572. The van der Waals surface area contributed by atoms with Crippen LogP contribution >= 0.6 is 11.6 Å². The highest BCUT2D eigenvalue weighted by molar-refractivity contribution is 6.30. The summed E-state index contributed by atoms with van der Waals surface area (Å²) in [5, 5.41) is 17.3. The fourth-order valence-corrected chi connectivity index (χ4v) is 2.47. The molecule has 7 nitrogen and oxygen atoms in total. The van der Waals surface area contributed by atoms with Crippen molar-refractivity contribution in [2.75, 3.05) is 24.3 Å². The highest BCUT2D eigenvalue weighted by Crippen LogP contribution is 2.28. The number of hydrogen-bond acceptors (Lipinski definition) is 5. The van der Waals surface area contributed by atoms with Gasteiger partial charge in [-0.25, -0.2) is 0 Å². The van der Waals surface area contributed by atoms with E-state index in [2.05, 4.69) is 10.6 Å². The first-order chi connectivity index (χ1) is 11.9. The number of nitrogens with zero attached hydrogens (tertiary/aromatic N) is 1. The van der Waals surface area contributed by atoms with Crippen molar-refractivity contribution in [2.24, 2.45) is 0 Å². The Hall–Kier alpha value is -2.80. The summed E-state index contributed by atoms with van der Waals surface area (Å²) in [5.41, 5.74) is 1.51. The van der Waals surface area contributed by atoms with Gasteiger partial charge in [-0.3, -0.25) is 14.9 Å². The Balaban J connectivity index is 1.95. The molecule has 0 radical (unpaired) electrons. The zero-order chi connectivity index (χ0) is 18.4. The molecular formula is C17H18ClN3O4. The van der Waals surface area contributed by atoms with Crippen LogP contribution in [0.2, 0.25) is 5.02 Å². The zero-order valence-corrected chi connectivity index (χ0v) is 14.6. The normalized spacial score (nSPS) is 10.2. The van der Waals surface area contributed by atoms with E-state index in [1.165, 1.54) is 12.1 Å². The van der Waals surface area contributed by atoms with Crippen molar-refractivity contribution in [2.45, 2.75) is 13.3 Å². The van der Waals surface area contributed by atoms with E-state index in [0.717, 1.165) is 0 Å². The van der Waals surface area contributed by atoms with Crippen LogP contribution in [0.5, 0.6) is 5.75 Å². The van der Waals surface area contributed by atoms with Gasteiger partial charge >= 0.3 is 0 Å². The summed E-state index contributed by atoms with van der Waals surface area (Å²) in [4.78, 5) is 22.5. The minimum Gasteiger partial charge on any atom is -0.495 e. The molecule has 0 saturated heterocycles. The van der Waals surface area contributed by atoms with Gasteiger partial charge in [0, 0.05) is 24.1 Å². The number of carbonyl (C=O) groups is 1. The summed E-state index contributed by atoms with van der Waals surface area (Å²) in [7, 11) is 1.55. The standard InChI is InChI=1S/C17H18ClN3O4/c1-11-13(4-3-5-15(11)21(23)24)20-17(22)8-9-19-14-10-12(18)6-7-16(14)25-2/h3-7,10,19H,8-9H2,1-2H3,(H,20,22). The Labute approximate surface area is 150 Å². The molecule has 2 aromatic rings. The molecule has 2 rings (SSSR count). The molecule has 2 N–H and O–H groups in total. The van der Waals surface area contributed by atoms with Crippen molar-refractivity contribution in [3.05, 3.63) is 57.1 Å². The number of hydrogen-bond donors (Lipinski definition) is 2. The second-order valence-electron chi connectivity index (χ2n) is 5.28. The number of carbonyl (C=O) groups excluding carboxylic acids is 1. The van der Waals surface area contributed by atoms with E-state index in [0.29, 0.717) is 34.3 Å². The van der Waals surface area contributed by atoms with Gasteiger partial charge in [-0.15, -0.1) is 0 Å². The van der Waals surface area contributed by atoms with Gasteiger partial charge in [0.2, 0.25) is 5.91 Å². The highest BCUT2D eigenvalue weighted by atomic mass is 35.5. The van der Waals surface area contributed by atoms with Crippen molar-refractivity contribution < 1.29 is 14.5 Å². The number of nitro groups is 1. The number of anilines is 2. The summed E-state index contributed by atoms with van der Waals surface area (Å²) < 4.78 is 5.22. The first-order valence-corrected chi connectivity index (χ1v) is 7.91. The smallest absolute Gasteiger partial charge is 0.274 e. The Bertz CT molecular complexity index is 795. The maximum Gasteiger partial charge on any atom is 0.274 e. The van der Waals surface area contributed by atoms with Crippen LogP contribution in [0.25, 0.3) is 0 Å². The minimum atomic E-state index is -0.474. The molecule has 0 spiro atoms. The minimum absolute atomic E-state index is 0.0282. The van der Waals surface area contributed by atoms with Gasteiger partial charge < -0.3 is 15.4 Å². The van der Waals surface area contributed by atoms with Crippen molar-refractivity contribution >= 4 is 34.6 Å². The number of benzene rings is 2. The van der Waals surface area contributed by atoms with Gasteiger partial charge in [-0.05, 0) is 31.2 Å². The molecule has 0 atom stereocenters. The van der Waals surface area contributed by atoms with Gasteiger partial charge in [0.25, 0.3) is 5.69 Å². The van der Waals surface area contributed by atoms with E-state index >= 15 is 0 Å². The Morgan fingerprint density at radius 3 is 2.72 bits per heavy atom. The number of nitrogens with one attached hydrogen (secondary N) is 2. The van der Waals surface area contributed by atoms with Crippen molar-refractivity contribution in [1.82, 2.24) is 0 Å². The van der Waals surface area contributed by atoms with Crippen LogP contribution in [-0.4, -0.2) is 24.5 Å². The molecular weight excluding hydrogens is 346 g/mol. The van der Waals surface area contributed by atoms with Crippen LogP contribution in [0, 0.1) is 17.0 Å². The number of rotatable bonds is 7. The van der Waals surface area contributed by atoms with Gasteiger partial charge in [-0.2, -0.15) is 0 Å². The lowest BCUT2D eigenvalue weighted by molar-refractivity contribution is -0.385. The monoisotopic (exact) mass is 363 g/mol. The van der Waals surface area contributed by atoms with Gasteiger partial charge in [0.15, 0.2) is 0 Å². The Morgan fingerprint density at radius 1 is 1.28 bits per heavy atom. The first-order valence-electron chi connectivity index (χ1n) is 7.53. The fourth-order valence-electron chi connectivity index (χ4n) is 2.30. The zero-order valence-electron chi connectivity index (χ0n) is 13.8. The van der Waals surface area contributed by atoms with E-state index < -0.39 is 4.92 Å². The molecule has 2 aromatic carbocycles. The molecule has 0 aliphatic carbocycles. The summed E-state index contributed by atoms with van der Waals surface area (Å²) in [6, 6.07) is 9.73. The average Bonchev–Trinajstić information content (AvgIpc) is 2.56. The lowest BCUT2D eigenvalue weighted by Gasteiger charge is -2.12. The van der Waals surface area contributed by atoms with Crippen molar-refractivity contribution in [1.29, 1.82) is 0 Å². The third-order valence-corrected chi connectivity index (χ3v) is 3.84. The van der Waals surface area contributed by atoms with Crippen LogP contribution in [0.1, 0.15) is 12.0 Å². The number of ether oxygens (including phenoxy) is 1. The Morgan fingerprint density at radius 2 is 2.04 bits per heavy atom. The molecule has 0 saturated carbocycles. The maximum absolute atomic E-state index is 12.1. The van der Waals surface area contributed by atoms with E-state index in [9.17, 15) is 14.9 Å². The van der Waals surface area contributed by atoms with Crippen LogP contribution in [0.4, 0.5) is 17.1 Å². The van der Waals surface area contributed by atoms with E-state index in [1.807, 2.05) is 0 Å². The van der Waals surface area contributed by atoms with Gasteiger partial charge in [0.05, 0.1) is 29.0 Å². The molecule has 0 unspecified atom stereocenters. The molecule has 8 heteroatoms. The largest absolute Gasteiger partial charge is 0.495 e. The van der Waals surface area contributed by atoms with Crippen molar-refractivity contribution in [3.8, 4) is 5.75 Å². The third kappa shape index (κ3) is 4.84. The van der Waals surface area contributed by atoms with E-state index in [4.69, 9.17) is 16.3 Å². The number of halogens is 1. The van der Waals surface area contributed by atoms with Crippen LogP contribution in [0.3, 0.4) is 0 Å². The second kappa shape index (κ2) is 8.34. The summed E-state index contributed by atoms with van der Waals surface area (Å²) in [6.07, 6.45) is 0.178. The van der Waals surface area contributed by atoms with E-state index in [1.54, 1.807) is 38.3 Å². The fraction of sp³-hybridized carbons (Fsp3) is 0.235. The number of amides is 1. The van der Waals surface area contributed by atoms with Crippen LogP contribution < -0.4 is 15.4 Å². The molecule has 0 bridgehead atoms. The topological polar surface area (TPSA) is 93.5 Å². The highest BCUT2D eigenvalue weighted by Gasteiger charge is 2.14. The molecule has 0 aliphatic rings. The summed E-state index contributed by atoms with van der Waals surface area (Å²) in [6.45, 7) is 1.96. The maximum atomic E-state index is 12.1. The molecule has 0 heterocycles. The third-order valence-electron chi connectivity index (χ3n) is 3.61. The first kappa shape index (κ1) is 18.5. The van der Waals surface area contributed by atoms with Crippen LogP contribution in [0.15, 0.2) is 36.4 Å². The van der Waals surface area contributed by atoms with Gasteiger partial charge in [0.1, 0.15) is 5.75 Å². The predicted molar refractivity (Wildman–Crippen MR) is 97.6 cm³/mol.